The van der Waals surface area contributed by atoms with Crippen molar-refractivity contribution in [2.75, 3.05) is 68.5 Å². The number of para-hydroxylation sites is 2. The van der Waals surface area contributed by atoms with Crippen molar-refractivity contribution in [3.05, 3.63) is 108 Å². The maximum absolute atomic E-state index is 14.2. The topological polar surface area (TPSA) is 82.0 Å². The maximum atomic E-state index is 14.2. The van der Waals surface area contributed by atoms with Crippen molar-refractivity contribution in [2.45, 2.75) is 33.7 Å². The lowest BCUT2D eigenvalue weighted by atomic mass is 10.1. The van der Waals surface area contributed by atoms with E-state index in [4.69, 9.17) is 9.72 Å². The highest BCUT2D eigenvalue weighted by molar-refractivity contribution is 6.10. The van der Waals surface area contributed by atoms with Gasteiger partial charge in [0.2, 0.25) is 5.95 Å². The van der Waals surface area contributed by atoms with Gasteiger partial charge < -0.3 is 24.4 Å². The summed E-state index contributed by atoms with van der Waals surface area (Å²) in [5.41, 5.74) is 6.73. The summed E-state index contributed by atoms with van der Waals surface area (Å²) in [7, 11) is 4.26. The van der Waals surface area contributed by atoms with E-state index in [1.54, 1.807) is 12.3 Å². The van der Waals surface area contributed by atoms with Crippen molar-refractivity contribution in [3.8, 4) is 5.75 Å². The summed E-state index contributed by atoms with van der Waals surface area (Å²) in [6.07, 6.45) is 2.31. The third-order valence-corrected chi connectivity index (χ3v) is 9.92. The van der Waals surface area contributed by atoms with Crippen LogP contribution in [0.4, 0.5) is 33.6 Å². The molecule has 4 aromatic carbocycles. The third-order valence-electron chi connectivity index (χ3n) is 9.92. The van der Waals surface area contributed by atoms with Gasteiger partial charge in [0.15, 0.2) is 0 Å². The Morgan fingerprint density at radius 2 is 1.58 bits per heavy atom. The average molecular weight is 697 g/mol. The zero-order valence-electron chi connectivity index (χ0n) is 30.8. The Labute approximate surface area is 306 Å². The molecule has 2 aromatic heterocycles. The molecule has 0 aliphatic carbocycles. The Morgan fingerprint density at radius 3 is 2.31 bits per heavy atom. The molecule has 268 valence electrons. The van der Waals surface area contributed by atoms with Crippen LogP contribution in [0.25, 0.3) is 21.8 Å². The van der Waals surface area contributed by atoms with Gasteiger partial charge >= 0.3 is 6.09 Å². The molecule has 52 heavy (non-hydrogen) atoms. The van der Waals surface area contributed by atoms with E-state index >= 15 is 0 Å². The first kappa shape index (κ1) is 35.0. The Balaban J connectivity index is 1.14. The van der Waals surface area contributed by atoms with Gasteiger partial charge in [-0.25, -0.2) is 14.7 Å². The second-order valence-corrected chi connectivity index (χ2v) is 13.8. The van der Waals surface area contributed by atoms with Crippen LogP contribution in [0.3, 0.4) is 0 Å². The second-order valence-electron chi connectivity index (χ2n) is 13.8. The highest BCUT2D eigenvalue weighted by Gasteiger charge is 2.25. The Bertz CT molecular complexity index is 2150. The van der Waals surface area contributed by atoms with Crippen molar-refractivity contribution < 1.29 is 9.53 Å². The second kappa shape index (κ2) is 15.4. The molecule has 0 radical (unpaired) electrons. The van der Waals surface area contributed by atoms with Gasteiger partial charge in [0.05, 0.1) is 5.69 Å². The van der Waals surface area contributed by atoms with Crippen LogP contribution < -0.4 is 19.9 Å². The van der Waals surface area contributed by atoms with E-state index in [9.17, 15) is 4.79 Å². The molecule has 0 unspecified atom stereocenters. The summed E-state index contributed by atoms with van der Waals surface area (Å²) in [6.45, 7) is 13.3. The summed E-state index contributed by atoms with van der Waals surface area (Å²) >= 11 is 0. The van der Waals surface area contributed by atoms with Gasteiger partial charge in [-0.3, -0.25) is 4.90 Å². The molecule has 10 nitrogen and oxygen atoms in total. The van der Waals surface area contributed by atoms with Gasteiger partial charge in [0, 0.05) is 78.2 Å². The van der Waals surface area contributed by atoms with Crippen molar-refractivity contribution in [1.29, 1.82) is 0 Å². The van der Waals surface area contributed by atoms with Crippen LogP contribution in [-0.4, -0.2) is 83.8 Å². The minimum Gasteiger partial charge on any atom is -0.409 e. The van der Waals surface area contributed by atoms with E-state index in [1.165, 1.54) is 17.0 Å². The number of nitrogens with zero attached hydrogens (tertiary/aromatic N) is 7. The molecule has 0 bridgehead atoms. The largest absolute Gasteiger partial charge is 0.425 e. The average Bonchev–Trinajstić information content (AvgIpc) is 3.47. The van der Waals surface area contributed by atoms with Gasteiger partial charge in [0.1, 0.15) is 11.6 Å². The van der Waals surface area contributed by atoms with Crippen molar-refractivity contribution in [1.82, 2.24) is 24.3 Å². The van der Waals surface area contributed by atoms with Crippen molar-refractivity contribution in [3.63, 3.8) is 0 Å². The number of benzene rings is 4. The summed E-state index contributed by atoms with van der Waals surface area (Å²) in [5.74, 6) is 1.32. The quantitative estimate of drug-likeness (QED) is 0.145. The molecule has 0 spiro atoms. The van der Waals surface area contributed by atoms with Crippen LogP contribution in [0.2, 0.25) is 0 Å². The number of fused-ring (bicyclic) bond motifs is 3. The normalized spacial score (nSPS) is 13.6. The lowest BCUT2D eigenvalue weighted by Gasteiger charge is -2.36. The van der Waals surface area contributed by atoms with Crippen LogP contribution in [-0.2, 0) is 6.54 Å². The van der Waals surface area contributed by atoms with E-state index in [0.29, 0.717) is 23.2 Å². The Kier molecular flexibility index (Phi) is 10.4. The Morgan fingerprint density at radius 1 is 0.846 bits per heavy atom. The number of ether oxygens (including phenoxy) is 1. The number of nitrogens with one attached hydrogen (secondary N) is 1. The molecule has 0 atom stereocenters. The molecule has 1 amide bonds. The number of aromatic nitrogens is 3. The molecule has 10 heteroatoms. The van der Waals surface area contributed by atoms with Crippen LogP contribution in [0.15, 0.2) is 97.2 Å². The van der Waals surface area contributed by atoms with Crippen LogP contribution in [0, 0.1) is 13.8 Å². The van der Waals surface area contributed by atoms with Crippen LogP contribution in [0.1, 0.15) is 24.5 Å². The van der Waals surface area contributed by atoms with Gasteiger partial charge in [-0.1, -0.05) is 36.4 Å². The zero-order chi connectivity index (χ0) is 36.2. The lowest BCUT2D eigenvalue weighted by Crippen LogP contribution is -2.46. The van der Waals surface area contributed by atoms with Crippen LogP contribution >= 0.6 is 0 Å². The fraction of sp³-hybridized carbons (Fsp3) is 0.310. The van der Waals surface area contributed by atoms with Gasteiger partial charge in [-0.05, 0) is 114 Å². The molecule has 1 aliphatic rings. The Hall–Kier alpha value is -5.45. The molecule has 7 rings (SSSR count). The lowest BCUT2D eigenvalue weighted by molar-refractivity contribution is 0.209. The summed E-state index contributed by atoms with van der Waals surface area (Å²) in [4.78, 5) is 32.4. The number of piperazine rings is 1. The fourth-order valence-electron chi connectivity index (χ4n) is 7.20. The maximum Gasteiger partial charge on any atom is 0.425 e. The smallest absolute Gasteiger partial charge is 0.409 e. The molecule has 6 aromatic rings. The third kappa shape index (κ3) is 7.44. The van der Waals surface area contributed by atoms with Gasteiger partial charge in [-0.15, -0.1) is 0 Å². The first-order chi connectivity index (χ1) is 25.3. The number of rotatable bonds is 11. The molecule has 1 aliphatic heterocycles. The fourth-order valence-corrected chi connectivity index (χ4v) is 7.20. The van der Waals surface area contributed by atoms with Gasteiger partial charge in [0.25, 0.3) is 0 Å². The molecule has 1 fully saturated rings. The van der Waals surface area contributed by atoms with Crippen molar-refractivity contribution in [2.24, 2.45) is 0 Å². The molecular formula is C42H48N8O2. The van der Waals surface area contributed by atoms with E-state index < -0.39 is 6.09 Å². The highest BCUT2D eigenvalue weighted by atomic mass is 16.6. The zero-order valence-corrected chi connectivity index (χ0v) is 30.8. The summed E-state index contributed by atoms with van der Waals surface area (Å²) in [6, 6.07) is 30.4. The number of aryl methyl sites for hydroxylation is 3. The molecule has 0 saturated carbocycles. The molecule has 1 N–H and O–H groups in total. The summed E-state index contributed by atoms with van der Waals surface area (Å²) in [5, 5.41) is 5.54. The van der Waals surface area contributed by atoms with Crippen molar-refractivity contribution >= 4 is 56.7 Å². The van der Waals surface area contributed by atoms with E-state index in [-0.39, 0.29) is 0 Å². The number of carbonyl (C=O) groups excluding carboxylic acids is 1. The minimum absolute atomic E-state index is 0.380. The number of carbonyl (C=O) groups is 1. The predicted octanol–water partition coefficient (Wildman–Crippen LogP) is 8.38. The summed E-state index contributed by atoms with van der Waals surface area (Å²) < 4.78 is 8.42. The highest BCUT2D eigenvalue weighted by Crippen LogP contribution is 2.35. The molecule has 1 saturated heterocycles. The minimum atomic E-state index is -0.553. The van der Waals surface area contributed by atoms with E-state index in [0.717, 1.165) is 84.4 Å². The predicted molar refractivity (Wildman–Crippen MR) is 213 cm³/mol. The van der Waals surface area contributed by atoms with Gasteiger partial charge in [-0.2, -0.15) is 4.98 Å². The number of hydrogen-bond donors (Lipinski definition) is 1. The van der Waals surface area contributed by atoms with E-state index in [2.05, 4.69) is 99.1 Å². The van der Waals surface area contributed by atoms with Crippen LogP contribution in [0.5, 0.6) is 5.75 Å². The molecule has 3 heterocycles. The SMILES string of the molecule is CCn1c2ccccc2c2cc(N(C(=O)Oc3c(C)cccc3C)c3ccnc(Nc4ccc(N5CCN(CCCN(C)C)CC5)cc4)n3)ccc21. The number of anilines is 5. The number of hydrogen-bond acceptors (Lipinski definition) is 8. The monoisotopic (exact) mass is 696 g/mol. The standard InChI is InChI=1S/C42H48N8O2/c1-6-49-37-14-8-7-13-35(37)36-29-34(19-20-38(36)49)50(42(51)52-40-30(2)11-9-12-31(40)3)39-21-22-43-41(45-39)44-32-15-17-33(18-16-32)48-27-25-47(26-28-48)24-10-23-46(4)5/h7-9,11-22,29H,6,10,23-28H2,1-5H3,(H,43,44,45). The number of amides is 1. The van der Waals surface area contributed by atoms with E-state index in [1.807, 2.05) is 50.2 Å². The first-order valence-corrected chi connectivity index (χ1v) is 18.2. The first-order valence-electron chi connectivity index (χ1n) is 18.2. The molecular weight excluding hydrogens is 649 g/mol.